The van der Waals surface area contributed by atoms with Crippen molar-refractivity contribution in [2.24, 2.45) is 39.9 Å². The molecule has 4 saturated carbocycles. The van der Waals surface area contributed by atoms with Crippen LogP contribution in [0.25, 0.3) is 0 Å². The number of carbonyl (C=O) groups is 2. The molecular formula is C25H40O3. The third-order valence-electron chi connectivity index (χ3n) is 10.4. The molecule has 7 atom stereocenters. The largest absolute Gasteiger partial charge is 0.469 e. The number of esters is 1. The van der Waals surface area contributed by atoms with Crippen LogP contribution in [-0.2, 0) is 14.3 Å². The number of rotatable bonds is 4. The van der Waals surface area contributed by atoms with E-state index in [9.17, 15) is 9.59 Å². The van der Waals surface area contributed by atoms with Gasteiger partial charge in [-0.15, -0.1) is 0 Å². The fourth-order valence-electron chi connectivity index (χ4n) is 8.50. The maximum absolute atomic E-state index is 13.5. The first-order chi connectivity index (χ1) is 13.2. The molecule has 4 fully saturated rings. The zero-order valence-corrected chi connectivity index (χ0v) is 18.5. The highest BCUT2D eigenvalue weighted by atomic mass is 16.5. The Kier molecular flexibility index (Phi) is 5.20. The molecule has 0 aliphatic heterocycles. The average Bonchev–Trinajstić information content (AvgIpc) is 2.99. The number of methoxy groups -OCH3 is 1. The smallest absolute Gasteiger partial charge is 0.305 e. The summed E-state index contributed by atoms with van der Waals surface area (Å²) in [6.45, 7) is 7.45. The summed E-state index contributed by atoms with van der Waals surface area (Å²) in [6, 6.07) is 0. The number of ether oxygens (including phenoxy) is 1. The summed E-state index contributed by atoms with van der Waals surface area (Å²) in [5.41, 5.74) is 0.885. The minimum atomic E-state index is -0.0876. The number of hydrogen-bond donors (Lipinski definition) is 0. The molecule has 0 aromatic rings. The van der Waals surface area contributed by atoms with E-state index < -0.39 is 0 Å². The van der Waals surface area contributed by atoms with Gasteiger partial charge in [0.05, 0.1) is 7.11 Å². The summed E-state index contributed by atoms with van der Waals surface area (Å²) in [5, 5.41) is 0. The van der Waals surface area contributed by atoms with E-state index in [4.69, 9.17) is 4.74 Å². The normalized spacial score (nSPS) is 47.8. The summed E-state index contributed by atoms with van der Waals surface area (Å²) in [6.07, 6.45) is 13.6. The van der Waals surface area contributed by atoms with E-state index in [1.807, 2.05) is 0 Å². The van der Waals surface area contributed by atoms with Crippen LogP contribution in [0.2, 0.25) is 0 Å². The van der Waals surface area contributed by atoms with Crippen molar-refractivity contribution in [3.8, 4) is 0 Å². The topological polar surface area (TPSA) is 43.4 Å². The van der Waals surface area contributed by atoms with Crippen molar-refractivity contribution < 1.29 is 14.3 Å². The second-order valence-corrected chi connectivity index (χ2v) is 11.4. The standard InChI is InChI=1S/C25H40O3/c1-23-13-5-6-14-25(23,3)19-12-15-24(2)17(8-7-9-21(27)28-4)10-11-18(24)22(19)20(26)16-23/h17-19,22H,5-16H2,1-4H3. The van der Waals surface area contributed by atoms with E-state index in [0.717, 1.165) is 19.3 Å². The van der Waals surface area contributed by atoms with E-state index in [1.165, 1.54) is 58.5 Å². The molecule has 158 valence electrons. The molecule has 3 nitrogen and oxygen atoms in total. The van der Waals surface area contributed by atoms with Gasteiger partial charge in [-0.2, -0.15) is 0 Å². The van der Waals surface area contributed by atoms with E-state index in [-0.39, 0.29) is 11.4 Å². The van der Waals surface area contributed by atoms with Crippen molar-refractivity contribution in [3.63, 3.8) is 0 Å². The average molecular weight is 389 g/mol. The molecular weight excluding hydrogens is 348 g/mol. The number of Topliss-reactive ketones (excluding diaryl/α,β-unsaturated/α-hetero) is 1. The van der Waals surface area contributed by atoms with Crippen LogP contribution >= 0.6 is 0 Å². The maximum Gasteiger partial charge on any atom is 0.305 e. The van der Waals surface area contributed by atoms with Gasteiger partial charge in [-0.3, -0.25) is 9.59 Å². The quantitative estimate of drug-likeness (QED) is 0.559. The van der Waals surface area contributed by atoms with Gasteiger partial charge in [0, 0.05) is 18.8 Å². The van der Waals surface area contributed by atoms with Gasteiger partial charge >= 0.3 is 5.97 Å². The van der Waals surface area contributed by atoms with Gasteiger partial charge in [-0.1, -0.05) is 33.6 Å². The summed E-state index contributed by atoms with van der Waals surface area (Å²) < 4.78 is 4.82. The minimum Gasteiger partial charge on any atom is -0.469 e. The second kappa shape index (κ2) is 7.13. The predicted octanol–water partition coefficient (Wildman–Crippen LogP) is 5.95. The van der Waals surface area contributed by atoms with Crippen LogP contribution in [0.3, 0.4) is 0 Å². The fraction of sp³-hybridized carbons (Fsp3) is 0.920. The minimum absolute atomic E-state index is 0.0876. The first-order valence-corrected chi connectivity index (χ1v) is 11.8. The molecule has 0 bridgehead atoms. The van der Waals surface area contributed by atoms with Crippen LogP contribution in [-0.4, -0.2) is 18.9 Å². The lowest BCUT2D eigenvalue weighted by atomic mass is 9.40. The van der Waals surface area contributed by atoms with Crippen molar-refractivity contribution in [2.75, 3.05) is 7.11 Å². The number of carbonyl (C=O) groups excluding carboxylic acids is 2. The van der Waals surface area contributed by atoms with Gasteiger partial charge in [-0.05, 0) is 85.4 Å². The predicted molar refractivity (Wildman–Crippen MR) is 111 cm³/mol. The molecule has 0 heterocycles. The highest BCUT2D eigenvalue weighted by molar-refractivity contribution is 5.84. The van der Waals surface area contributed by atoms with Crippen LogP contribution in [0.5, 0.6) is 0 Å². The second-order valence-electron chi connectivity index (χ2n) is 11.4. The molecule has 0 spiro atoms. The molecule has 0 N–H and O–H groups in total. The van der Waals surface area contributed by atoms with Crippen LogP contribution in [0.15, 0.2) is 0 Å². The molecule has 0 radical (unpaired) electrons. The van der Waals surface area contributed by atoms with Crippen molar-refractivity contribution in [2.45, 2.75) is 97.8 Å². The molecule has 0 aromatic carbocycles. The molecule has 4 rings (SSSR count). The Labute approximate surface area is 171 Å². The number of hydrogen-bond acceptors (Lipinski definition) is 3. The van der Waals surface area contributed by atoms with Gasteiger partial charge in [0.1, 0.15) is 5.78 Å². The van der Waals surface area contributed by atoms with Crippen LogP contribution in [0.1, 0.15) is 97.8 Å². The third kappa shape index (κ3) is 2.89. The van der Waals surface area contributed by atoms with Crippen LogP contribution < -0.4 is 0 Å². The fourth-order valence-corrected chi connectivity index (χ4v) is 8.50. The van der Waals surface area contributed by atoms with E-state index >= 15 is 0 Å². The Bertz CT molecular complexity index is 642. The summed E-state index contributed by atoms with van der Waals surface area (Å²) in [4.78, 5) is 25.0. The Hall–Kier alpha value is -0.860. The van der Waals surface area contributed by atoms with Gasteiger partial charge in [0.2, 0.25) is 0 Å². The van der Waals surface area contributed by atoms with Crippen molar-refractivity contribution in [1.29, 1.82) is 0 Å². The van der Waals surface area contributed by atoms with Gasteiger partial charge in [0.15, 0.2) is 0 Å². The molecule has 7 unspecified atom stereocenters. The summed E-state index contributed by atoms with van der Waals surface area (Å²) >= 11 is 0. The van der Waals surface area contributed by atoms with Crippen molar-refractivity contribution >= 4 is 11.8 Å². The van der Waals surface area contributed by atoms with Crippen molar-refractivity contribution in [1.82, 2.24) is 0 Å². The van der Waals surface area contributed by atoms with Crippen LogP contribution in [0.4, 0.5) is 0 Å². The number of fused-ring (bicyclic) bond motifs is 5. The van der Waals surface area contributed by atoms with Crippen LogP contribution in [0, 0.1) is 39.9 Å². The van der Waals surface area contributed by atoms with E-state index in [2.05, 4.69) is 20.8 Å². The first kappa shape index (κ1) is 20.4. The zero-order valence-electron chi connectivity index (χ0n) is 18.5. The zero-order chi connectivity index (χ0) is 20.2. The Morgan fingerprint density at radius 1 is 1.04 bits per heavy atom. The molecule has 3 heteroatoms. The monoisotopic (exact) mass is 388 g/mol. The lowest BCUT2D eigenvalue weighted by molar-refractivity contribution is -0.172. The highest BCUT2D eigenvalue weighted by Crippen LogP contribution is 2.70. The molecule has 0 amide bonds. The lowest BCUT2D eigenvalue weighted by Crippen LogP contribution is -2.60. The van der Waals surface area contributed by atoms with Crippen molar-refractivity contribution in [3.05, 3.63) is 0 Å². The first-order valence-electron chi connectivity index (χ1n) is 11.8. The summed E-state index contributed by atoms with van der Waals surface area (Å²) in [7, 11) is 1.48. The molecule has 0 saturated heterocycles. The summed E-state index contributed by atoms with van der Waals surface area (Å²) in [5.74, 6) is 2.66. The molecule has 28 heavy (non-hydrogen) atoms. The SMILES string of the molecule is COC(=O)CCCC1CCC2C3C(=O)CC4(C)CCCCC4(C)C3CCC12C. The van der Waals surface area contributed by atoms with Gasteiger partial charge in [-0.25, -0.2) is 0 Å². The van der Waals surface area contributed by atoms with Gasteiger partial charge < -0.3 is 4.74 Å². The molecule has 0 aromatic heterocycles. The van der Waals surface area contributed by atoms with E-state index in [0.29, 0.717) is 46.7 Å². The highest BCUT2D eigenvalue weighted by Gasteiger charge is 2.64. The Morgan fingerprint density at radius 3 is 2.54 bits per heavy atom. The Morgan fingerprint density at radius 2 is 1.79 bits per heavy atom. The van der Waals surface area contributed by atoms with E-state index in [1.54, 1.807) is 0 Å². The molecule has 4 aliphatic rings. The molecule has 4 aliphatic carbocycles. The Balaban J connectivity index is 1.53. The lowest BCUT2D eigenvalue weighted by Gasteiger charge is -2.63. The maximum atomic E-state index is 13.5. The third-order valence-corrected chi connectivity index (χ3v) is 10.4. The number of ketones is 1. The van der Waals surface area contributed by atoms with Gasteiger partial charge in [0.25, 0.3) is 0 Å².